The molecule has 2 amide bonds. The smallest absolute Gasteiger partial charge is 0.322 e. The maximum Gasteiger partial charge on any atom is 0.322 e. The predicted molar refractivity (Wildman–Crippen MR) is 133 cm³/mol. The molecule has 4 rings (SSSR count). The van der Waals surface area contributed by atoms with Gasteiger partial charge in [-0.15, -0.1) is 0 Å². The highest BCUT2D eigenvalue weighted by molar-refractivity contribution is 5.91. The van der Waals surface area contributed by atoms with Gasteiger partial charge in [-0.25, -0.2) is 4.79 Å². The second-order valence-electron chi connectivity index (χ2n) is 9.44. The number of carbonyl (C=O) groups is 1. The highest BCUT2D eigenvalue weighted by Crippen LogP contribution is 2.35. The fourth-order valence-electron chi connectivity index (χ4n) is 4.56. The van der Waals surface area contributed by atoms with Crippen LogP contribution in [0.2, 0.25) is 0 Å². The molecule has 0 aliphatic carbocycles. The molecule has 0 saturated carbocycles. The number of hydrogen-bond acceptors (Lipinski definition) is 5. The lowest BCUT2D eigenvalue weighted by atomic mass is 9.92. The van der Waals surface area contributed by atoms with Crippen molar-refractivity contribution in [3.63, 3.8) is 0 Å². The Morgan fingerprint density at radius 2 is 1.79 bits per heavy atom. The number of hydrogen-bond donors (Lipinski definition) is 1. The van der Waals surface area contributed by atoms with Crippen molar-refractivity contribution in [1.82, 2.24) is 15.0 Å². The van der Waals surface area contributed by atoms with Crippen molar-refractivity contribution in [2.75, 3.05) is 19.0 Å². The standard InChI is InChI=1S/C27H34N4O3/c1-17(2)21-12-9-13-22(18(3)4)24(21)28-27(32)31-15-7-6-14-23(31)26-29-25(30-34-26)19-10-8-11-20(16-19)33-5/h8-13,16-18,23H,6-7,14-15H2,1-5H3,(H,28,32). The van der Waals surface area contributed by atoms with Gasteiger partial charge in [-0.05, 0) is 54.4 Å². The summed E-state index contributed by atoms with van der Waals surface area (Å²) in [5.41, 5.74) is 4.02. The fourth-order valence-corrected chi connectivity index (χ4v) is 4.56. The van der Waals surface area contributed by atoms with Gasteiger partial charge in [0.1, 0.15) is 11.8 Å². The monoisotopic (exact) mass is 462 g/mol. The molecule has 1 aromatic heterocycles. The number of anilines is 1. The number of para-hydroxylation sites is 1. The van der Waals surface area contributed by atoms with E-state index in [0.29, 0.717) is 30.1 Å². The number of nitrogens with zero attached hydrogens (tertiary/aromatic N) is 3. The van der Waals surface area contributed by atoms with E-state index in [2.05, 4.69) is 61.4 Å². The van der Waals surface area contributed by atoms with Crippen LogP contribution in [-0.4, -0.2) is 34.7 Å². The van der Waals surface area contributed by atoms with Gasteiger partial charge in [0.2, 0.25) is 11.7 Å². The highest BCUT2D eigenvalue weighted by atomic mass is 16.5. The number of carbonyl (C=O) groups excluding carboxylic acids is 1. The van der Waals surface area contributed by atoms with Gasteiger partial charge >= 0.3 is 6.03 Å². The van der Waals surface area contributed by atoms with Crippen LogP contribution in [0.1, 0.15) is 81.9 Å². The molecule has 1 saturated heterocycles. The molecule has 0 radical (unpaired) electrons. The predicted octanol–water partition coefficient (Wildman–Crippen LogP) is 6.75. The number of methoxy groups -OCH3 is 1. The zero-order chi connectivity index (χ0) is 24.2. The second-order valence-corrected chi connectivity index (χ2v) is 9.44. The van der Waals surface area contributed by atoms with E-state index in [4.69, 9.17) is 9.26 Å². The van der Waals surface area contributed by atoms with E-state index >= 15 is 0 Å². The molecule has 180 valence electrons. The first-order valence-corrected chi connectivity index (χ1v) is 12.1. The number of aromatic nitrogens is 2. The van der Waals surface area contributed by atoms with Crippen LogP contribution in [0.3, 0.4) is 0 Å². The number of urea groups is 1. The topological polar surface area (TPSA) is 80.5 Å². The summed E-state index contributed by atoms with van der Waals surface area (Å²) in [4.78, 5) is 20.1. The zero-order valence-corrected chi connectivity index (χ0v) is 20.7. The second kappa shape index (κ2) is 10.3. The maximum atomic E-state index is 13.6. The lowest BCUT2D eigenvalue weighted by Gasteiger charge is -2.34. The molecule has 2 heterocycles. The summed E-state index contributed by atoms with van der Waals surface area (Å²) in [6.07, 6.45) is 2.74. The molecule has 2 aromatic carbocycles. The molecular weight excluding hydrogens is 428 g/mol. The van der Waals surface area contributed by atoms with Gasteiger partial charge in [0.05, 0.1) is 7.11 Å². The summed E-state index contributed by atoms with van der Waals surface area (Å²) in [6, 6.07) is 13.4. The molecule has 1 unspecified atom stereocenters. The van der Waals surface area contributed by atoms with Crippen LogP contribution < -0.4 is 10.1 Å². The Hall–Kier alpha value is -3.35. The lowest BCUT2D eigenvalue weighted by molar-refractivity contribution is 0.142. The number of nitrogens with one attached hydrogen (secondary N) is 1. The Morgan fingerprint density at radius 3 is 2.47 bits per heavy atom. The van der Waals surface area contributed by atoms with Crippen LogP contribution in [-0.2, 0) is 0 Å². The third-order valence-corrected chi connectivity index (χ3v) is 6.42. The van der Waals surface area contributed by atoms with Gasteiger partial charge in [0, 0.05) is 17.8 Å². The average molecular weight is 463 g/mol. The van der Waals surface area contributed by atoms with Gasteiger partial charge in [0.25, 0.3) is 0 Å². The molecule has 7 heteroatoms. The van der Waals surface area contributed by atoms with Crippen molar-refractivity contribution < 1.29 is 14.1 Å². The van der Waals surface area contributed by atoms with Crippen LogP contribution in [0.15, 0.2) is 47.0 Å². The number of piperidine rings is 1. The number of ether oxygens (including phenoxy) is 1. The van der Waals surface area contributed by atoms with E-state index in [-0.39, 0.29) is 12.1 Å². The van der Waals surface area contributed by atoms with Gasteiger partial charge in [0.15, 0.2) is 0 Å². The Balaban J connectivity index is 1.60. The van der Waals surface area contributed by atoms with Crippen LogP contribution in [0.5, 0.6) is 5.75 Å². The highest BCUT2D eigenvalue weighted by Gasteiger charge is 2.33. The molecule has 1 N–H and O–H groups in total. The summed E-state index contributed by atoms with van der Waals surface area (Å²) in [6.45, 7) is 9.25. The molecule has 1 aliphatic heterocycles. The SMILES string of the molecule is COc1cccc(-c2noc(C3CCCCN3C(=O)Nc3c(C(C)C)cccc3C(C)C)n2)c1. The summed E-state index contributed by atoms with van der Waals surface area (Å²) in [7, 11) is 1.63. The van der Waals surface area contributed by atoms with Gasteiger partial charge in [-0.1, -0.05) is 63.2 Å². The third kappa shape index (κ3) is 4.93. The van der Waals surface area contributed by atoms with Crippen molar-refractivity contribution in [2.24, 2.45) is 0 Å². The largest absolute Gasteiger partial charge is 0.497 e. The number of rotatable bonds is 6. The Morgan fingerprint density at radius 1 is 1.09 bits per heavy atom. The third-order valence-electron chi connectivity index (χ3n) is 6.42. The van der Waals surface area contributed by atoms with E-state index < -0.39 is 0 Å². The molecule has 34 heavy (non-hydrogen) atoms. The first-order valence-electron chi connectivity index (χ1n) is 12.1. The number of benzene rings is 2. The summed E-state index contributed by atoms with van der Waals surface area (Å²) in [5.74, 6) is 2.29. The van der Waals surface area contributed by atoms with Crippen LogP contribution >= 0.6 is 0 Å². The van der Waals surface area contributed by atoms with Crippen LogP contribution in [0, 0.1) is 0 Å². The van der Waals surface area contributed by atoms with Gasteiger partial charge < -0.3 is 19.5 Å². The molecule has 0 spiro atoms. The van der Waals surface area contributed by atoms with E-state index in [0.717, 1.165) is 47.4 Å². The van der Waals surface area contributed by atoms with E-state index in [1.54, 1.807) is 7.11 Å². The van der Waals surface area contributed by atoms with Crippen molar-refractivity contribution in [1.29, 1.82) is 0 Å². The Labute approximate surface area is 201 Å². The van der Waals surface area contributed by atoms with Crippen LogP contribution in [0.25, 0.3) is 11.4 Å². The van der Waals surface area contributed by atoms with Gasteiger partial charge in [-0.3, -0.25) is 0 Å². The normalized spacial score (nSPS) is 16.2. The molecule has 0 bridgehead atoms. The molecule has 1 atom stereocenters. The fraction of sp³-hybridized carbons (Fsp3) is 0.444. The van der Waals surface area contributed by atoms with Crippen molar-refractivity contribution in [3.05, 3.63) is 59.5 Å². The molecule has 7 nitrogen and oxygen atoms in total. The molecule has 1 fully saturated rings. The van der Waals surface area contributed by atoms with Crippen LogP contribution in [0.4, 0.5) is 10.5 Å². The lowest BCUT2D eigenvalue weighted by Crippen LogP contribution is -2.41. The maximum absolute atomic E-state index is 13.6. The summed E-state index contributed by atoms with van der Waals surface area (Å²) in [5, 5.41) is 7.43. The first kappa shape index (κ1) is 23.8. The minimum atomic E-state index is -0.255. The molecular formula is C27H34N4O3. The molecule has 1 aliphatic rings. The van der Waals surface area contributed by atoms with E-state index in [1.165, 1.54) is 0 Å². The quantitative estimate of drug-likeness (QED) is 0.438. The number of amides is 2. The number of likely N-dealkylation sites (tertiary alicyclic amines) is 1. The minimum absolute atomic E-state index is 0.124. The molecule has 3 aromatic rings. The zero-order valence-electron chi connectivity index (χ0n) is 20.7. The Bertz CT molecular complexity index is 1110. The first-order chi connectivity index (χ1) is 16.4. The van der Waals surface area contributed by atoms with E-state index in [1.807, 2.05) is 29.2 Å². The average Bonchev–Trinajstić information content (AvgIpc) is 3.34. The van der Waals surface area contributed by atoms with Crippen molar-refractivity contribution in [3.8, 4) is 17.1 Å². The van der Waals surface area contributed by atoms with Crippen molar-refractivity contribution >= 4 is 11.7 Å². The van der Waals surface area contributed by atoms with Crippen molar-refractivity contribution in [2.45, 2.75) is 64.8 Å². The van der Waals surface area contributed by atoms with E-state index in [9.17, 15) is 4.79 Å². The van der Waals surface area contributed by atoms with Gasteiger partial charge in [-0.2, -0.15) is 4.98 Å². The summed E-state index contributed by atoms with van der Waals surface area (Å²) >= 11 is 0. The Kier molecular flexibility index (Phi) is 7.20. The summed E-state index contributed by atoms with van der Waals surface area (Å²) < 4.78 is 11.0. The minimum Gasteiger partial charge on any atom is -0.497 e.